The highest BCUT2D eigenvalue weighted by molar-refractivity contribution is 6.48. The van der Waals surface area contributed by atoms with Gasteiger partial charge in [-0.2, -0.15) is 0 Å². The summed E-state index contributed by atoms with van der Waals surface area (Å²) >= 11 is 0. The third kappa shape index (κ3) is 5.89. The van der Waals surface area contributed by atoms with Crippen LogP contribution in [0.2, 0.25) is 0 Å². The van der Waals surface area contributed by atoms with Crippen LogP contribution in [0.1, 0.15) is 125 Å². The lowest BCUT2D eigenvalue weighted by molar-refractivity contribution is 0.00578. The van der Waals surface area contributed by atoms with Crippen molar-refractivity contribution in [2.24, 2.45) is 0 Å². The van der Waals surface area contributed by atoms with E-state index in [1.165, 1.54) is 33.4 Å². The standard InChI is InChI=1S/2C21H25BO2/c2*1-20(2)21(3,4)24-22(23-20)19-14-18(15-10-6-5-7-11-15)16-12-8-9-13-17(16)19/h2*5-13,18-19H,14H2,1-4H3/t2*18-,19+/m00/s1. The predicted molar refractivity (Wildman–Crippen MR) is 196 cm³/mol. The summed E-state index contributed by atoms with van der Waals surface area (Å²) in [6.07, 6.45) is 2.08. The summed E-state index contributed by atoms with van der Waals surface area (Å²) in [6.45, 7) is 17.0. The van der Waals surface area contributed by atoms with E-state index in [9.17, 15) is 0 Å². The molecule has 4 nitrogen and oxygen atoms in total. The Kier molecular flexibility index (Phi) is 8.56. The van der Waals surface area contributed by atoms with Crippen LogP contribution in [-0.4, -0.2) is 36.6 Å². The van der Waals surface area contributed by atoms with E-state index in [1.54, 1.807) is 0 Å². The van der Waals surface area contributed by atoms with Gasteiger partial charge >= 0.3 is 14.2 Å². The highest BCUT2D eigenvalue weighted by Gasteiger charge is 2.57. The lowest BCUT2D eigenvalue weighted by Gasteiger charge is -2.32. The Bertz CT molecular complexity index is 1570. The Balaban J connectivity index is 0.000000152. The number of hydrogen-bond donors (Lipinski definition) is 0. The van der Waals surface area contributed by atoms with Crippen LogP contribution in [0, 0.1) is 0 Å². The second-order valence-electron chi connectivity index (χ2n) is 16.1. The maximum absolute atomic E-state index is 6.37. The van der Waals surface area contributed by atoms with Crippen molar-refractivity contribution in [1.82, 2.24) is 0 Å². The van der Waals surface area contributed by atoms with E-state index >= 15 is 0 Å². The van der Waals surface area contributed by atoms with Crippen LogP contribution >= 0.6 is 0 Å². The van der Waals surface area contributed by atoms with E-state index < -0.39 is 0 Å². The van der Waals surface area contributed by atoms with Gasteiger partial charge in [0, 0.05) is 23.5 Å². The van der Waals surface area contributed by atoms with E-state index in [1.807, 2.05) is 0 Å². The SMILES string of the molecule is CC1(C)OB([C@@H]2C[C@@H](c3ccccc3)c3ccccc32)OC1(C)C.CC1(C)OB([C@@H]2C[C@@H](c3ccccc3)c3ccccc32)OC1(C)C. The van der Waals surface area contributed by atoms with Gasteiger partial charge in [-0.15, -0.1) is 0 Å². The number of rotatable bonds is 4. The monoisotopic (exact) mass is 640 g/mol. The van der Waals surface area contributed by atoms with Crippen molar-refractivity contribution in [2.45, 2.75) is 114 Å². The van der Waals surface area contributed by atoms with Gasteiger partial charge in [0.1, 0.15) is 0 Å². The fraction of sp³-hybridized carbons (Fsp3) is 0.429. The smallest absolute Gasteiger partial charge is 0.403 e. The Morgan fingerprint density at radius 1 is 0.396 bits per heavy atom. The lowest BCUT2D eigenvalue weighted by atomic mass is 9.68. The molecule has 4 atom stereocenters. The molecule has 0 bridgehead atoms. The zero-order chi connectivity index (χ0) is 33.9. The molecule has 0 spiro atoms. The maximum Gasteiger partial charge on any atom is 0.465 e. The van der Waals surface area contributed by atoms with Crippen molar-refractivity contribution < 1.29 is 18.6 Å². The molecule has 0 aromatic heterocycles. The highest BCUT2D eigenvalue weighted by Crippen LogP contribution is 2.52. The minimum absolute atomic E-state index is 0.176. The van der Waals surface area contributed by atoms with Crippen molar-refractivity contribution in [2.75, 3.05) is 0 Å². The van der Waals surface area contributed by atoms with Crippen LogP contribution in [-0.2, 0) is 18.6 Å². The zero-order valence-corrected chi connectivity index (χ0v) is 29.9. The fourth-order valence-electron chi connectivity index (χ4n) is 7.97. The van der Waals surface area contributed by atoms with Crippen LogP contribution < -0.4 is 0 Å². The van der Waals surface area contributed by atoms with Crippen LogP contribution in [0.5, 0.6) is 0 Å². The topological polar surface area (TPSA) is 36.9 Å². The Hall–Kier alpha value is -3.15. The van der Waals surface area contributed by atoms with Gasteiger partial charge in [0.15, 0.2) is 0 Å². The van der Waals surface area contributed by atoms with Crippen molar-refractivity contribution in [3.63, 3.8) is 0 Å². The zero-order valence-electron chi connectivity index (χ0n) is 29.9. The minimum Gasteiger partial charge on any atom is -0.403 e. The van der Waals surface area contributed by atoms with Crippen molar-refractivity contribution in [3.05, 3.63) is 143 Å². The summed E-state index contributed by atoms with van der Waals surface area (Å²) in [7, 11) is -0.352. The number of hydrogen-bond acceptors (Lipinski definition) is 4. The molecule has 48 heavy (non-hydrogen) atoms. The summed E-state index contributed by atoms with van der Waals surface area (Å²) in [5.41, 5.74) is 7.23. The molecule has 2 aliphatic carbocycles. The molecule has 0 unspecified atom stereocenters. The first kappa shape index (κ1) is 33.4. The largest absolute Gasteiger partial charge is 0.465 e. The molecule has 4 aromatic carbocycles. The highest BCUT2D eigenvalue weighted by atomic mass is 16.7. The van der Waals surface area contributed by atoms with Gasteiger partial charge < -0.3 is 18.6 Å². The minimum atomic E-state index is -0.280. The first-order valence-corrected chi connectivity index (χ1v) is 17.8. The molecule has 4 aromatic rings. The summed E-state index contributed by atoms with van der Waals surface area (Å²) in [5.74, 6) is 1.41. The van der Waals surface area contributed by atoms with Gasteiger partial charge in [0.25, 0.3) is 0 Å². The first-order chi connectivity index (χ1) is 22.8. The van der Waals surface area contributed by atoms with Crippen LogP contribution in [0.25, 0.3) is 0 Å². The fourth-order valence-corrected chi connectivity index (χ4v) is 7.97. The molecule has 2 heterocycles. The van der Waals surface area contributed by atoms with Gasteiger partial charge in [-0.1, -0.05) is 109 Å². The van der Waals surface area contributed by atoms with Gasteiger partial charge in [-0.3, -0.25) is 0 Å². The summed E-state index contributed by atoms with van der Waals surface area (Å²) < 4.78 is 25.5. The van der Waals surface area contributed by atoms with Crippen molar-refractivity contribution in [1.29, 1.82) is 0 Å². The third-order valence-electron chi connectivity index (χ3n) is 12.1. The van der Waals surface area contributed by atoms with E-state index in [0.29, 0.717) is 11.8 Å². The predicted octanol–water partition coefficient (Wildman–Crippen LogP) is 9.87. The summed E-state index contributed by atoms with van der Waals surface area (Å²) in [4.78, 5) is 0. The molecule has 0 radical (unpaired) electrons. The molecular weight excluding hydrogens is 590 g/mol. The van der Waals surface area contributed by atoms with E-state index in [2.05, 4.69) is 165 Å². The Labute approximate surface area is 288 Å². The number of fused-ring (bicyclic) bond motifs is 2. The van der Waals surface area contributed by atoms with Crippen molar-refractivity contribution >= 4 is 14.2 Å². The third-order valence-corrected chi connectivity index (χ3v) is 12.1. The second kappa shape index (κ2) is 12.3. The van der Waals surface area contributed by atoms with E-state index in [0.717, 1.165) is 12.8 Å². The average Bonchev–Trinajstić information content (AvgIpc) is 3.75. The molecule has 248 valence electrons. The van der Waals surface area contributed by atoms with Crippen LogP contribution in [0.3, 0.4) is 0 Å². The molecule has 0 N–H and O–H groups in total. The molecular formula is C42H50B2O4. The molecule has 6 heteroatoms. The second-order valence-corrected chi connectivity index (χ2v) is 16.1. The molecule has 4 aliphatic rings. The Morgan fingerprint density at radius 3 is 0.979 bits per heavy atom. The Morgan fingerprint density at radius 2 is 0.667 bits per heavy atom. The maximum atomic E-state index is 6.37. The van der Waals surface area contributed by atoms with Gasteiger partial charge in [0.05, 0.1) is 22.4 Å². The molecule has 2 fully saturated rings. The molecule has 2 saturated heterocycles. The van der Waals surface area contributed by atoms with Crippen molar-refractivity contribution in [3.8, 4) is 0 Å². The van der Waals surface area contributed by atoms with Crippen LogP contribution in [0.15, 0.2) is 109 Å². The van der Waals surface area contributed by atoms with E-state index in [-0.39, 0.29) is 48.3 Å². The normalized spacial score (nSPS) is 27.2. The average molecular weight is 640 g/mol. The molecule has 0 saturated carbocycles. The van der Waals surface area contributed by atoms with Crippen LogP contribution in [0.4, 0.5) is 0 Å². The van der Waals surface area contributed by atoms with Gasteiger partial charge in [-0.25, -0.2) is 0 Å². The summed E-state index contributed by atoms with van der Waals surface area (Å²) in [6, 6.07) is 39.1. The number of benzene rings is 4. The van der Waals surface area contributed by atoms with Gasteiger partial charge in [-0.05, 0) is 102 Å². The quantitative estimate of drug-likeness (QED) is 0.208. The van der Waals surface area contributed by atoms with Gasteiger partial charge in [0.2, 0.25) is 0 Å². The molecule has 0 amide bonds. The first-order valence-electron chi connectivity index (χ1n) is 17.8. The lowest BCUT2D eigenvalue weighted by Crippen LogP contribution is -2.41. The van der Waals surface area contributed by atoms with E-state index in [4.69, 9.17) is 18.6 Å². The summed E-state index contributed by atoms with van der Waals surface area (Å²) in [5, 5.41) is 0. The molecule has 8 rings (SSSR count). The molecule has 2 aliphatic heterocycles.